The van der Waals surface area contributed by atoms with Gasteiger partial charge in [0.15, 0.2) is 16.1 Å². The number of thioether (sulfide) groups is 1. The van der Waals surface area contributed by atoms with E-state index in [9.17, 15) is 9.59 Å². The second-order valence-corrected chi connectivity index (χ2v) is 8.84. The minimum atomic E-state index is -0.353. The monoisotopic (exact) mass is 510 g/mol. The van der Waals surface area contributed by atoms with E-state index >= 15 is 0 Å². The lowest BCUT2D eigenvalue weighted by Gasteiger charge is -2.11. The fourth-order valence-electron chi connectivity index (χ4n) is 3.11. The van der Waals surface area contributed by atoms with Crippen LogP contribution in [0, 0.1) is 0 Å². The van der Waals surface area contributed by atoms with Gasteiger partial charge in [-0.05, 0) is 43.3 Å². The van der Waals surface area contributed by atoms with Gasteiger partial charge in [0.25, 0.3) is 0 Å². The number of nitrogens with zero attached hydrogens (tertiary/aromatic N) is 5. The van der Waals surface area contributed by atoms with E-state index in [1.807, 2.05) is 41.0 Å². The first-order valence-electron chi connectivity index (χ1n) is 10.6. The van der Waals surface area contributed by atoms with Crippen LogP contribution in [0.3, 0.4) is 0 Å². The lowest BCUT2D eigenvalue weighted by atomic mass is 10.2. The summed E-state index contributed by atoms with van der Waals surface area (Å²) in [7, 11) is 1.61. The molecular formula is C23H22N6O4S2. The van der Waals surface area contributed by atoms with Gasteiger partial charge in [-0.15, -0.1) is 21.5 Å². The van der Waals surface area contributed by atoms with Crippen LogP contribution in [0.5, 0.6) is 5.75 Å². The van der Waals surface area contributed by atoms with E-state index in [1.54, 1.807) is 31.8 Å². The number of ether oxygens (including phenoxy) is 2. The van der Waals surface area contributed by atoms with Crippen LogP contribution in [0.25, 0.3) is 17.1 Å². The molecule has 180 valence electrons. The Morgan fingerprint density at radius 3 is 2.60 bits per heavy atom. The molecule has 0 bridgehead atoms. The SMILES string of the molecule is CCOC(=O)Cc1csc(NC(=O)CSc2nnc(-c3ccncc3)n2-c2ccc(OC)cc2)n1. The first-order valence-corrected chi connectivity index (χ1v) is 12.5. The Morgan fingerprint density at radius 1 is 1.11 bits per heavy atom. The van der Waals surface area contributed by atoms with Crippen molar-refractivity contribution in [2.45, 2.75) is 18.5 Å². The van der Waals surface area contributed by atoms with Crippen molar-refractivity contribution in [1.29, 1.82) is 0 Å². The number of hydrogen-bond donors (Lipinski definition) is 1. The number of esters is 1. The van der Waals surface area contributed by atoms with Crippen molar-refractivity contribution in [3.63, 3.8) is 0 Å². The summed E-state index contributed by atoms with van der Waals surface area (Å²) in [5, 5.41) is 14.1. The standard InChI is InChI=1S/C23H22N6O4S2/c1-3-33-20(31)12-16-13-34-22(25-16)26-19(30)14-35-23-28-27-21(15-8-10-24-11-9-15)29(23)17-4-6-18(32-2)7-5-17/h4-11,13H,3,12,14H2,1-2H3,(H,25,26,30). The fraction of sp³-hybridized carbons (Fsp3) is 0.217. The molecule has 3 heterocycles. The summed E-state index contributed by atoms with van der Waals surface area (Å²) in [4.78, 5) is 32.6. The molecule has 4 rings (SSSR count). The maximum atomic E-state index is 12.6. The van der Waals surface area contributed by atoms with Crippen LogP contribution in [0.15, 0.2) is 59.3 Å². The largest absolute Gasteiger partial charge is 0.497 e. The predicted octanol–water partition coefficient (Wildman–Crippen LogP) is 3.63. The fourth-order valence-corrected chi connectivity index (χ4v) is 4.58. The maximum absolute atomic E-state index is 12.6. The van der Waals surface area contributed by atoms with Gasteiger partial charge in [-0.1, -0.05) is 11.8 Å². The summed E-state index contributed by atoms with van der Waals surface area (Å²) in [6.45, 7) is 2.06. The van der Waals surface area contributed by atoms with Gasteiger partial charge >= 0.3 is 5.97 Å². The molecule has 0 aliphatic rings. The smallest absolute Gasteiger partial charge is 0.311 e. The molecule has 10 nitrogen and oxygen atoms in total. The number of carbonyl (C=O) groups is 2. The van der Waals surface area contributed by atoms with Crippen LogP contribution >= 0.6 is 23.1 Å². The molecule has 0 saturated heterocycles. The first-order chi connectivity index (χ1) is 17.1. The number of thiazole rings is 1. The number of pyridine rings is 1. The summed E-state index contributed by atoms with van der Waals surface area (Å²) >= 11 is 2.51. The van der Waals surface area contributed by atoms with Crippen LogP contribution in [0.1, 0.15) is 12.6 Å². The highest BCUT2D eigenvalue weighted by Crippen LogP contribution is 2.29. The lowest BCUT2D eigenvalue weighted by Crippen LogP contribution is -2.15. The topological polar surface area (TPSA) is 121 Å². The molecule has 1 N–H and O–H groups in total. The van der Waals surface area contributed by atoms with E-state index in [0.29, 0.717) is 28.4 Å². The van der Waals surface area contributed by atoms with Crippen LogP contribution in [-0.4, -0.2) is 56.1 Å². The number of amides is 1. The number of rotatable bonds is 10. The number of nitrogens with one attached hydrogen (secondary N) is 1. The summed E-state index contributed by atoms with van der Waals surface area (Å²) in [5.41, 5.74) is 2.23. The molecule has 0 unspecified atom stereocenters. The second kappa shape index (κ2) is 11.6. The van der Waals surface area contributed by atoms with Gasteiger partial charge < -0.3 is 14.8 Å². The van der Waals surface area contributed by atoms with Gasteiger partial charge in [-0.3, -0.25) is 19.1 Å². The Kier molecular flexibility index (Phi) is 8.06. The Labute approximate surface area is 209 Å². The third kappa shape index (κ3) is 6.22. The highest BCUT2D eigenvalue weighted by atomic mass is 32.2. The van der Waals surface area contributed by atoms with Crippen molar-refractivity contribution in [3.05, 3.63) is 59.9 Å². The molecule has 12 heteroatoms. The number of aromatic nitrogens is 5. The zero-order valence-corrected chi connectivity index (χ0v) is 20.6. The maximum Gasteiger partial charge on any atom is 0.311 e. The molecule has 4 aromatic rings. The zero-order chi connectivity index (χ0) is 24.6. The Balaban J connectivity index is 1.48. The van der Waals surface area contributed by atoms with Gasteiger partial charge in [0.1, 0.15) is 5.75 Å². The molecule has 35 heavy (non-hydrogen) atoms. The normalized spacial score (nSPS) is 10.7. The highest BCUT2D eigenvalue weighted by Gasteiger charge is 2.18. The molecule has 1 amide bonds. The van der Waals surface area contributed by atoms with Crippen molar-refractivity contribution in [1.82, 2.24) is 24.7 Å². The molecular weight excluding hydrogens is 488 g/mol. The van der Waals surface area contributed by atoms with Crippen LogP contribution < -0.4 is 10.1 Å². The lowest BCUT2D eigenvalue weighted by molar-refractivity contribution is -0.142. The summed E-state index contributed by atoms with van der Waals surface area (Å²) < 4.78 is 12.1. The quantitative estimate of drug-likeness (QED) is 0.252. The third-order valence-electron chi connectivity index (χ3n) is 4.66. The second-order valence-electron chi connectivity index (χ2n) is 7.04. The van der Waals surface area contributed by atoms with E-state index in [-0.39, 0.29) is 24.1 Å². The molecule has 0 aliphatic heterocycles. The molecule has 1 aromatic carbocycles. The third-order valence-corrected chi connectivity index (χ3v) is 6.40. The van der Waals surface area contributed by atoms with Crippen molar-refractivity contribution in [3.8, 4) is 22.8 Å². The van der Waals surface area contributed by atoms with E-state index in [0.717, 1.165) is 17.0 Å². The molecule has 0 fully saturated rings. The molecule has 0 aliphatic carbocycles. The Morgan fingerprint density at radius 2 is 1.89 bits per heavy atom. The van der Waals surface area contributed by atoms with Gasteiger partial charge in [-0.25, -0.2) is 4.98 Å². The average Bonchev–Trinajstić information content (AvgIpc) is 3.50. The predicted molar refractivity (Wildman–Crippen MR) is 133 cm³/mol. The van der Waals surface area contributed by atoms with E-state index < -0.39 is 0 Å². The molecule has 0 spiro atoms. The molecule has 0 radical (unpaired) electrons. The van der Waals surface area contributed by atoms with Crippen molar-refractivity contribution >= 4 is 40.1 Å². The number of carbonyl (C=O) groups excluding carboxylic acids is 2. The van der Waals surface area contributed by atoms with Crippen LogP contribution in [-0.2, 0) is 20.7 Å². The van der Waals surface area contributed by atoms with Crippen LogP contribution in [0.4, 0.5) is 5.13 Å². The van der Waals surface area contributed by atoms with Gasteiger partial charge in [0.05, 0.1) is 31.6 Å². The summed E-state index contributed by atoms with van der Waals surface area (Å²) in [5.74, 6) is 0.851. The minimum Gasteiger partial charge on any atom is -0.497 e. The van der Waals surface area contributed by atoms with E-state index in [1.165, 1.54) is 23.1 Å². The number of anilines is 1. The number of hydrogen-bond acceptors (Lipinski definition) is 10. The van der Waals surface area contributed by atoms with Crippen molar-refractivity contribution in [2.24, 2.45) is 0 Å². The molecule has 0 saturated carbocycles. The zero-order valence-electron chi connectivity index (χ0n) is 19.0. The van der Waals surface area contributed by atoms with Crippen molar-refractivity contribution in [2.75, 3.05) is 24.8 Å². The van der Waals surface area contributed by atoms with E-state index in [2.05, 4.69) is 25.5 Å². The van der Waals surface area contributed by atoms with Gasteiger partial charge in [0.2, 0.25) is 5.91 Å². The summed E-state index contributed by atoms with van der Waals surface area (Å²) in [6, 6.07) is 11.2. The van der Waals surface area contributed by atoms with Gasteiger partial charge in [0, 0.05) is 29.0 Å². The van der Waals surface area contributed by atoms with Gasteiger partial charge in [-0.2, -0.15) is 0 Å². The average molecular weight is 511 g/mol. The minimum absolute atomic E-state index is 0.0672. The van der Waals surface area contributed by atoms with E-state index in [4.69, 9.17) is 9.47 Å². The number of methoxy groups -OCH3 is 1. The van der Waals surface area contributed by atoms with Crippen LogP contribution in [0.2, 0.25) is 0 Å². The summed E-state index contributed by atoms with van der Waals surface area (Å²) in [6.07, 6.45) is 3.44. The number of benzene rings is 1. The first kappa shape index (κ1) is 24.4. The highest BCUT2D eigenvalue weighted by molar-refractivity contribution is 7.99. The van der Waals surface area contributed by atoms with Crippen molar-refractivity contribution < 1.29 is 19.1 Å². The Hall–Kier alpha value is -3.77. The molecule has 0 atom stereocenters. The Bertz CT molecular complexity index is 1290. The molecule has 3 aromatic heterocycles.